The van der Waals surface area contributed by atoms with E-state index in [9.17, 15) is 9.59 Å². The first kappa shape index (κ1) is 15.0. The fourth-order valence-corrected chi connectivity index (χ4v) is 2.23. The molecule has 0 amide bonds. The van der Waals surface area contributed by atoms with Crippen molar-refractivity contribution in [1.82, 2.24) is 9.97 Å². The number of oxazole rings is 1. The Bertz CT molecular complexity index is 636. The molecule has 9 heteroatoms. The second kappa shape index (κ2) is 6.84. The van der Waals surface area contributed by atoms with E-state index in [2.05, 4.69) is 15.3 Å². The van der Waals surface area contributed by atoms with Gasteiger partial charge < -0.3 is 19.6 Å². The van der Waals surface area contributed by atoms with Crippen molar-refractivity contribution >= 4 is 29.3 Å². The Hall–Kier alpha value is -2.42. The number of nitrogens with one attached hydrogen (secondary N) is 1. The van der Waals surface area contributed by atoms with Crippen LogP contribution in [0, 0.1) is 0 Å². The lowest BCUT2D eigenvalue weighted by Crippen LogP contribution is -2.07. The van der Waals surface area contributed by atoms with E-state index < -0.39 is 11.9 Å². The van der Waals surface area contributed by atoms with E-state index in [1.165, 1.54) is 23.0 Å². The number of esters is 1. The molecule has 0 fully saturated rings. The molecule has 0 bridgehead atoms. The Labute approximate surface area is 123 Å². The molecule has 2 rings (SSSR count). The molecule has 0 unspecified atom stereocenters. The van der Waals surface area contributed by atoms with Gasteiger partial charge in [0.2, 0.25) is 0 Å². The third-order valence-corrected chi connectivity index (χ3v) is 3.28. The van der Waals surface area contributed by atoms with Crippen molar-refractivity contribution in [3.63, 3.8) is 0 Å². The van der Waals surface area contributed by atoms with Crippen LogP contribution in [-0.2, 0) is 11.2 Å². The van der Waals surface area contributed by atoms with Crippen LogP contribution in [0.5, 0.6) is 0 Å². The van der Waals surface area contributed by atoms with Crippen molar-refractivity contribution in [3.8, 4) is 0 Å². The fraction of sp³-hybridized carbons (Fsp3) is 0.333. The SMILES string of the molecule is CCOC(=O)c1coc(NCCc2nc(C(=O)O)cs2)n1. The van der Waals surface area contributed by atoms with Gasteiger partial charge in [-0.15, -0.1) is 11.3 Å². The highest BCUT2D eigenvalue weighted by Crippen LogP contribution is 2.12. The van der Waals surface area contributed by atoms with Gasteiger partial charge in [0.05, 0.1) is 11.6 Å². The largest absolute Gasteiger partial charge is 0.476 e. The molecule has 0 atom stereocenters. The number of aromatic carboxylic acids is 1. The number of carboxylic acids is 1. The van der Waals surface area contributed by atoms with Crippen molar-refractivity contribution in [2.24, 2.45) is 0 Å². The van der Waals surface area contributed by atoms with Crippen molar-refractivity contribution in [2.75, 3.05) is 18.5 Å². The standard InChI is InChI=1S/C12H13N3O5S/c1-2-19-11(18)7-5-20-12(15-7)13-4-3-9-14-8(6-21-9)10(16)17/h5-6H,2-4H2,1H3,(H,13,15)(H,16,17). The number of thiazole rings is 1. The Morgan fingerprint density at radius 3 is 2.90 bits per heavy atom. The molecule has 2 aromatic heterocycles. The molecule has 0 aromatic carbocycles. The summed E-state index contributed by atoms with van der Waals surface area (Å²) >= 11 is 1.27. The summed E-state index contributed by atoms with van der Waals surface area (Å²) in [6, 6.07) is 0.202. The molecule has 0 spiro atoms. The molecule has 0 radical (unpaired) electrons. The third-order valence-electron chi connectivity index (χ3n) is 2.37. The fourth-order valence-electron chi connectivity index (χ4n) is 1.45. The summed E-state index contributed by atoms with van der Waals surface area (Å²) in [5.41, 5.74) is 0.137. The summed E-state index contributed by atoms with van der Waals surface area (Å²) in [6.45, 7) is 2.43. The minimum absolute atomic E-state index is 0.0377. The third kappa shape index (κ3) is 4.02. The molecule has 21 heavy (non-hydrogen) atoms. The predicted octanol–water partition coefficient (Wildman–Crippen LogP) is 1.66. The van der Waals surface area contributed by atoms with Crippen LogP contribution in [0.3, 0.4) is 0 Å². The zero-order valence-corrected chi connectivity index (χ0v) is 12.0. The summed E-state index contributed by atoms with van der Waals surface area (Å²) in [5, 5.41) is 13.8. The van der Waals surface area contributed by atoms with Crippen molar-refractivity contribution in [2.45, 2.75) is 13.3 Å². The number of aromatic nitrogens is 2. The number of rotatable bonds is 7. The van der Waals surface area contributed by atoms with Gasteiger partial charge in [-0.2, -0.15) is 4.98 Å². The zero-order valence-electron chi connectivity index (χ0n) is 11.2. The number of nitrogens with zero attached hydrogens (tertiary/aromatic N) is 2. The van der Waals surface area contributed by atoms with Gasteiger partial charge in [0.25, 0.3) is 6.01 Å². The van der Waals surface area contributed by atoms with E-state index >= 15 is 0 Å². The molecule has 0 aliphatic heterocycles. The number of hydrogen-bond donors (Lipinski definition) is 2. The molecular weight excluding hydrogens is 298 g/mol. The lowest BCUT2D eigenvalue weighted by Gasteiger charge is -1.98. The van der Waals surface area contributed by atoms with Gasteiger partial charge in [0, 0.05) is 18.3 Å². The van der Waals surface area contributed by atoms with Crippen LogP contribution in [0.2, 0.25) is 0 Å². The van der Waals surface area contributed by atoms with E-state index in [-0.39, 0.29) is 24.0 Å². The van der Waals surface area contributed by atoms with Gasteiger partial charge in [0.15, 0.2) is 11.4 Å². The maximum atomic E-state index is 11.4. The average Bonchev–Trinajstić information content (AvgIpc) is 3.08. The number of carboxylic acid groups (broad SMARTS) is 1. The quantitative estimate of drug-likeness (QED) is 0.742. The van der Waals surface area contributed by atoms with E-state index in [4.69, 9.17) is 14.3 Å². The predicted molar refractivity (Wildman–Crippen MR) is 73.7 cm³/mol. The minimum atomic E-state index is -1.04. The maximum Gasteiger partial charge on any atom is 0.360 e. The minimum Gasteiger partial charge on any atom is -0.476 e. The Morgan fingerprint density at radius 2 is 2.24 bits per heavy atom. The highest BCUT2D eigenvalue weighted by molar-refractivity contribution is 7.09. The van der Waals surface area contributed by atoms with Gasteiger partial charge in [-0.05, 0) is 6.92 Å². The highest BCUT2D eigenvalue weighted by Gasteiger charge is 2.13. The van der Waals surface area contributed by atoms with Gasteiger partial charge in [-0.3, -0.25) is 0 Å². The topological polar surface area (TPSA) is 115 Å². The maximum absolute atomic E-state index is 11.4. The molecule has 112 valence electrons. The first-order valence-electron chi connectivity index (χ1n) is 6.14. The second-order valence-electron chi connectivity index (χ2n) is 3.87. The highest BCUT2D eigenvalue weighted by atomic mass is 32.1. The Balaban J connectivity index is 1.83. The Kier molecular flexibility index (Phi) is 4.88. The van der Waals surface area contributed by atoms with Crippen LogP contribution in [0.4, 0.5) is 6.01 Å². The molecular formula is C12H13N3O5S. The lowest BCUT2D eigenvalue weighted by atomic mass is 10.4. The van der Waals surface area contributed by atoms with E-state index in [0.29, 0.717) is 18.0 Å². The molecule has 2 N–H and O–H groups in total. The Morgan fingerprint density at radius 1 is 1.43 bits per heavy atom. The molecule has 0 saturated heterocycles. The lowest BCUT2D eigenvalue weighted by molar-refractivity contribution is 0.0519. The summed E-state index contributed by atoms with van der Waals surface area (Å²) in [7, 11) is 0. The molecule has 2 aromatic rings. The van der Waals surface area contributed by atoms with Crippen molar-refractivity contribution < 1.29 is 23.8 Å². The van der Waals surface area contributed by atoms with E-state index in [1.807, 2.05) is 0 Å². The molecule has 0 aliphatic carbocycles. The van der Waals surface area contributed by atoms with E-state index in [0.717, 1.165) is 0 Å². The first-order valence-corrected chi connectivity index (χ1v) is 7.02. The van der Waals surface area contributed by atoms with E-state index in [1.54, 1.807) is 6.92 Å². The van der Waals surface area contributed by atoms with Crippen LogP contribution in [0.1, 0.15) is 32.9 Å². The normalized spacial score (nSPS) is 10.3. The molecule has 8 nitrogen and oxygen atoms in total. The number of carbonyl (C=O) groups is 2. The van der Waals surface area contributed by atoms with Gasteiger partial charge >= 0.3 is 11.9 Å². The van der Waals surface area contributed by atoms with Gasteiger partial charge in [0.1, 0.15) is 6.26 Å². The van der Waals surface area contributed by atoms with Crippen molar-refractivity contribution in [3.05, 3.63) is 28.0 Å². The second-order valence-corrected chi connectivity index (χ2v) is 4.81. The molecule has 0 saturated carbocycles. The van der Waals surface area contributed by atoms with Crippen LogP contribution in [0.25, 0.3) is 0 Å². The summed E-state index contributed by atoms with van der Waals surface area (Å²) in [4.78, 5) is 30.0. The summed E-state index contributed by atoms with van der Waals surface area (Å²) < 4.78 is 9.87. The zero-order chi connectivity index (χ0) is 15.2. The van der Waals surface area contributed by atoms with Gasteiger partial charge in [-0.1, -0.05) is 0 Å². The number of hydrogen-bond acceptors (Lipinski definition) is 8. The van der Waals surface area contributed by atoms with Crippen LogP contribution in [-0.4, -0.2) is 40.2 Å². The van der Waals surface area contributed by atoms with Crippen LogP contribution < -0.4 is 5.32 Å². The van der Waals surface area contributed by atoms with Crippen LogP contribution in [0.15, 0.2) is 16.1 Å². The summed E-state index contributed by atoms with van der Waals surface area (Å²) in [6.07, 6.45) is 1.74. The number of anilines is 1. The van der Waals surface area contributed by atoms with Crippen molar-refractivity contribution in [1.29, 1.82) is 0 Å². The first-order chi connectivity index (χ1) is 10.1. The monoisotopic (exact) mass is 311 g/mol. The molecule has 2 heterocycles. The number of ether oxygens (including phenoxy) is 1. The summed E-state index contributed by atoms with van der Waals surface area (Å²) in [5.74, 6) is -1.59. The van der Waals surface area contributed by atoms with Gasteiger partial charge in [-0.25, -0.2) is 14.6 Å². The van der Waals surface area contributed by atoms with Crippen LogP contribution >= 0.6 is 11.3 Å². The average molecular weight is 311 g/mol. The molecule has 0 aliphatic rings. The number of carbonyl (C=O) groups excluding carboxylic acids is 1. The smallest absolute Gasteiger partial charge is 0.360 e.